The van der Waals surface area contributed by atoms with Crippen LogP contribution in [0.5, 0.6) is 0 Å². The molecule has 0 aromatic carbocycles. The number of rotatable bonds is 4. The Morgan fingerprint density at radius 2 is 2.30 bits per heavy atom. The molecule has 6 nitrogen and oxygen atoms in total. The SMILES string of the molecule is CCn1cc(NC(=O)c2csc(C(C)N)n2)ccc1=O. The molecule has 1 atom stereocenters. The molecule has 106 valence electrons. The first kappa shape index (κ1) is 14.4. The smallest absolute Gasteiger partial charge is 0.275 e. The molecule has 7 heteroatoms. The lowest BCUT2D eigenvalue weighted by Crippen LogP contribution is -2.20. The number of aromatic nitrogens is 2. The Bertz CT molecular complexity index is 675. The Morgan fingerprint density at radius 1 is 1.55 bits per heavy atom. The lowest BCUT2D eigenvalue weighted by atomic mass is 10.3. The first-order valence-electron chi connectivity index (χ1n) is 6.24. The van der Waals surface area contributed by atoms with Crippen molar-refractivity contribution in [2.45, 2.75) is 26.4 Å². The Kier molecular flexibility index (Phi) is 4.31. The highest BCUT2D eigenvalue weighted by atomic mass is 32.1. The fraction of sp³-hybridized carbons (Fsp3) is 0.308. The lowest BCUT2D eigenvalue weighted by Gasteiger charge is -2.06. The molecule has 20 heavy (non-hydrogen) atoms. The maximum atomic E-state index is 12.0. The molecule has 1 unspecified atom stereocenters. The third kappa shape index (κ3) is 3.12. The average molecular weight is 292 g/mol. The van der Waals surface area contributed by atoms with Crippen molar-refractivity contribution in [2.75, 3.05) is 5.32 Å². The number of pyridine rings is 1. The van der Waals surface area contributed by atoms with Gasteiger partial charge in [-0.05, 0) is 19.9 Å². The lowest BCUT2D eigenvalue weighted by molar-refractivity contribution is 0.102. The zero-order valence-corrected chi connectivity index (χ0v) is 12.1. The topological polar surface area (TPSA) is 90.0 Å². The molecule has 0 radical (unpaired) electrons. The van der Waals surface area contributed by atoms with Crippen LogP contribution in [0.4, 0.5) is 5.69 Å². The second-order valence-corrected chi connectivity index (χ2v) is 5.25. The summed E-state index contributed by atoms with van der Waals surface area (Å²) in [5.41, 5.74) is 6.51. The van der Waals surface area contributed by atoms with E-state index in [4.69, 9.17) is 5.73 Å². The van der Waals surface area contributed by atoms with Crippen molar-refractivity contribution in [1.29, 1.82) is 0 Å². The molecule has 3 N–H and O–H groups in total. The van der Waals surface area contributed by atoms with Crippen LogP contribution in [0.2, 0.25) is 0 Å². The van der Waals surface area contributed by atoms with Crippen molar-refractivity contribution in [2.24, 2.45) is 5.73 Å². The summed E-state index contributed by atoms with van der Waals surface area (Å²) in [5, 5.41) is 5.10. The average Bonchev–Trinajstić information content (AvgIpc) is 2.91. The number of carbonyl (C=O) groups is 1. The van der Waals surface area contributed by atoms with Crippen molar-refractivity contribution in [3.8, 4) is 0 Å². The van der Waals surface area contributed by atoms with Crippen LogP contribution in [-0.2, 0) is 6.54 Å². The van der Waals surface area contributed by atoms with Crippen LogP contribution in [0.3, 0.4) is 0 Å². The van der Waals surface area contributed by atoms with Crippen LogP contribution in [0.15, 0.2) is 28.5 Å². The van der Waals surface area contributed by atoms with E-state index < -0.39 is 0 Å². The number of amides is 1. The highest BCUT2D eigenvalue weighted by Gasteiger charge is 2.13. The standard InChI is InChI=1S/C13H16N4O2S/c1-3-17-6-9(4-5-11(17)18)15-12(19)10-7-20-13(16-10)8(2)14/h4-8H,3,14H2,1-2H3,(H,15,19). The third-order valence-electron chi connectivity index (χ3n) is 2.73. The molecule has 0 bridgehead atoms. The molecule has 0 fully saturated rings. The summed E-state index contributed by atoms with van der Waals surface area (Å²) in [7, 11) is 0. The molecule has 2 heterocycles. The zero-order chi connectivity index (χ0) is 14.7. The van der Waals surface area contributed by atoms with E-state index in [9.17, 15) is 9.59 Å². The van der Waals surface area contributed by atoms with Gasteiger partial charge in [-0.15, -0.1) is 11.3 Å². The van der Waals surface area contributed by atoms with E-state index in [-0.39, 0.29) is 17.5 Å². The van der Waals surface area contributed by atoms with Gasteiger partial charge in [-0.3, -0.25) is 9.59 Å². The molecule has 2 rings (SSSR count). The minimum Gasteiger partial charge on any atom is -0.322 e. The molecule has 0 saturated heterocycles. The van der Waals surface area contributed by atoms with Gasteiger partial charge in [-0.25, -0.2) is 4.98 Å². The van der Waals surface area contributed by atoms with Gasteiger partial charge in [0.1, 0.15) is 10.7 Å². The fourth-order valence-electron chi connectivity index (χ4n) is 1.65. The second kappa shape index (κ2) is 5.98. The fourth-order valence-corrected chi connectivity index (χ4v) is 2.41. The van der Waals surface area contributed by atoms with Crippen LogP contribution >= 0.6 is 11.3 Å². The molecule has 1 amide bonds. The quantitative estimate of drug-likeness (QED) is 0.895. The van der Waals surface area contributed by atoms with Crippen molar-refractivity contribution in [3.05, 3.63) is 44.8 Å². The molecule has 2 aromatic heterocycles. The van der Waals surface area contributed by atoms with Crippen molar-refractivity contribution in [3.63, 3.8) is 0 Å². The maximum absolute atomic E-state index is 12.0. The van der Waals surface area contributed by atoms with Gasteiger partial charge in [-0.1, -0.05) is 0 Å². The summed E-state index contributed by atoms with van der Waals surface area (Å²) in [6, 6.07) is 2.81. The number of nitrogens with zero attached hydrogens (tertiary/aromatic N) is 2. The van der Waals surface area contributed by atoms with Crippen LogP contribution in [0, 0.1) is 0 Å². The highest BCUT2D eigenvalue weighted by Crippen LogP contribution is 2.16. The van der Waals surface area contributed by atoms with Gasteiger partial charge in [0, 0.05) is 24.2 Å². The van der Waals surface area contributed by atoms with Crippen LogP contribution in [0.25, 0.3) is 0 Å². The Labute approximate surface area is 120 Å². The summed E-state index contributed by atoms with van der Waals surface area (Å²) >= 11 is 1.35. The van der Waals surface area contributed by atoms with E-state index in [2.05, 4.69) is 10.3 Å². The first-order chi connectivity index (χ1) is 9.51. The number of thiazole rings is 1. The number of aryl methyl sites for hydroxylation is 1. The Hall–Kier alpha value is -1.99. The van der Waals surface area contributed by atoms with E-state index in [1.54, 1.807) is 17.6 Å². The van der Waals surface area contributed by atoms with Crippen LogP contribution in [-0.4, -0.2) is 15.5 Å². The number of nitrogens with two attached hydrogens (primary N) is 1. The molecule has 0 saturated carbocycles. The van der Waals surface area contributed by atoms with Gasteiger partial charge < -0.3 is 15.6 Å². The predicted molar refractivity (Wildman–Crippen MR) is 79.0 cm³/mol. The van der Waals surface area contributed by atoms with Crippen LogP contribution < -0.4 is 16.6 Å². The van der Waals surface area contributed by atoms with Gasteiger partial charge in [0.15, 0.2) is 0 Å². The monoisotopic (exact) mass is 292 g/mol. The molecule has 2 aromatic rings. The van der Waals surface area contributed by atoms with E-state index in [0.717, 1.165) is 0 Å². The van der Waals surface area contributed by atoms with E-state index in [1.807, 2.05) is 13.8 Å². The number of hydrogen-bond donors (Lipinski definition) is 2. The third-order valence-corrected chi connectivity index (χ3v) is 3.77. The minimum atomic E-state index is -0.311. The summed E-state index contributed by atoms with van der Waals surface area (Å²) < 4.78 is 1.52. The number of nitrogens with one attached hydrogen (secondary N) is 1. The van der Waals surface area contributed by atoms with Crippen molar-refractivity contribution < 1.29 is 4.79 Å². The number of hydrogen-bond acceptors (Lipinski definition) is 5. The molecule has 0 aliphatic heterocycles. The largest absolute Gasteiger partial charge is 0.322 e. The predicted octanol–water partition coefficient (Wildman–Crippen LogP) is 1.60. The van der Waals surface area contributed by atoms with Gasteiger partial charge in [0.2, 0.25) is 0 Å². The molecular weight excluding hydrogens is 276 g/mol. The van der Waals surface area contributed by atoms with Gasteiger partial charge in [0.05, 0.1) is 11.7 Å². The Balaban J connectivity index is 2.16. The summed E-state index contributed by atoms with van der Waals surface area (Å²) in [5.74, 6) is -0.311. The summed E-state index contributed by atoms with van der Waals surface area (Å²) in [4.78, 5) is 27.7. The van der Waals surface area contributed by atoms with Gasteiger partial charge in [-0.2, -0.15) is 0 Å². The molecule has 0 spiro atoms. The zero-order valence-electron chi connectivity index (χ0n) is 11.3. The second-order valence-electron chi connectivity index (χ2n) is 4.36. The van der Waals surface area contributed by atoms with Gasteiger partial charge in [0.25, 0.3) is 11.5 Å². The first-order valence-corrected chi connectivity index (χ1v) is 7.12. The Morgan fingerprint density at radius 3 is 2.90 bits per heavy atom. The van der Waals surface area contributed by atoms with E-state index in [0.29, 0.717) is 22.9 Å². The maximum Gasteiger partial charge on any atom is 0.275 e. The van der Waals surface area contributed by atoms with Crippen molar-refractivity contribution in [1.82, 2.24) is 9.55 Å². The molecule has 0 aliphatic carbocycles. The van der Waals surface area contributed by atoms with E-state index >= 15 is 0 Å². The van der Waals surface area contributed by atoms with Gasteiger partial charge >= 0.3 is 0 Å². The number of anilines is 1. The molecular formula is C13H16N4O2S. The van der Waals surface area contributed by atoms with E-state index in [1.165, 1.54) is 22.0 Å². The van der Waals surface area contributed by atoms with Crippen LogP contribution in [0.1, 0.15) is 35.4 Å². The van der Waals surface area contributed by atoms with Crippen molar-refractivity contribution >= 4 is 22.9 Å². The molecule has 0 aliphatic rings. The minimum absolute atomic E-state index is 0.0987. The summed E-state index contributed by atoms with van der Waals surface area (Å²) in [6.45, 7) is 4.23. The summed E-state index contributed by atoms with van der Waals surface area (Å²) in [6.07, 6.45) is 1.61. The normalized spacial score (nSPS) is 12.2. The number of carbonyl (C=O) groups excluding carboxylic acids is 1. The highest BCUT2D eigenvalue weighted by molar-refractivity contribution is 7.09.